The second-order valence-corrected chi connectivity index (χ2v) is 6.23. The molecule has 0 aliphatic carbocycles. The van der Waals surface area contributed by atoms with Gasteiger partial charge in [0.25, 0.3) is 9.05 Å². The summed E-state index contributed by atoms with van der Waals surface area (Å²) < 4.78 is 23.1. The molecule has 0 atom stereocenters. The number of hydrogen-bond donors (Lipinski definition) is 0. The topological polar surface area (TPSA) is 57.9 Å². The van der Waals surface area contributed by atoms with Crippen molar-refractivity contribution in [2.75, 3.05) is 0 Å². The molecular formula is C9H7BrClNO2S. The summed E-state index contributed by atoms with van der Waals surface area (Å²) in [6.07, 6.45) is 0.521. The summed E-state index contributed by atoms with van der Waals surface area (Å²) in [6.45, 7) is 1.82. The maximum atomic E-state index is 11.3. The molecule has 80 valence electrons. The van der Waals surface area contributed by atoms with Crippen molar-refractivity contribution in [1.82, 2.24) is 0 Å². The van der Waals surface area contributed by atoms with E-state index in [-0.39, 0.29) is 10.5 Å². The van der Waals surface area contributed by atoms with Crippen molar-refractivity contribution < 1.29 is 8.42 Å². The van der Waals surface area contributed by atoms with Gasteiger partial charge >= 0.3 is 0 Å². The molecule has 15 heavy (non-hydrogen) atoms. The molecule has 0 aliphatic rings. The molecular weight excluding hydrogens is 302 g/mol. The molecule has 0 N–H and O–H groups in total. The maximum Gasteiger partial charge on any atom is 0.261 e. The average molecular weight is 309 g/mol. The average Bonchev–Trinajstić information content (AvgIpc) is 2.15. The van der Waals surface area contributed by atoms with Crippen LogP contribution in [0.1, 0.15) is 18.1 Å². The monoisotopic (exact) mass is 307 g/mol. The standard InChI is InChI=1S/C9H7BrClNO2S/c1-2-7-8(10)3-6(5-12)4-9(7)15(11,13)14/h3-4H,2H2,1H3. The van der Waals surface area contributed by atoms with E-state index < -0.39 is 9.05 Å². The molecule has 0 saturated carbocycles. The molecule has 0 fully saturated rings. The van der Waals surface area contributed by atoms with E-state index in [0.717, 1.165) is 0 Å². The molecule has 0 spiro atoms. The third kappa shape index (κ3) is 2.71. The number of nitriles is 1. The number of halogens is 2. The van der Waals surface area contributed by atoms with Gasteiger partial charge in [0.1, 0.15) is 0 Å². The molecule has 1 rings (SSSR count). The summed E-state index contributed by atoms with van der Waals surface area (Å²) in [5.41, 5.74) is 0.849. The van der Waals surface area contributed by atoms with Crippen LogP contribution < -0.4 is 0 Å². The zero-order valence-corrected chi connectivity index (χ0v) is 10.9. The van der Waals surface area contributed by atoms with Gasteiger partial charge in [0.2, 0.25) is 0 Å². The van der Waals surface area contributed by atoms with Crippen molar-refractivity contribution in [1.29, 1.82) is 5.26 Å². The molecule has 3 nitrogen and oxygen atoms in total. The Morgan fingerprint density at radius 2 is 2.13 bits per heavy atom. The van der Waals surface area contributed by atoms with E-state index in [4.69, 9.17) is 15.9 Å². The molecule has 1 aromatic rings. The Hall–Kier alpha value is -0.570. The summed E-state index contributed by atoms with van der Waals surface area (Å²) >= 11 is 3.22. The fraction of sp³-hybridized carbons (Fsp3) is 0.222. The van der Waals surface area contributed by atoms with Crippen LogP contribution in [0.5, 0.6) is 0 Å². The summed E-state index contributed by atoms with van der Waals surface area (Å²) in [6, 6.07) is 4.74. The van der Waals surface area contributed by atoms with Crippen molar-refractivity contribution in [2.24, 2.45) is 0 Å². The summed E-state index contributed by atoms with van der Waals surface area (Å²) in [5.74, 6) is 0. The van der Waals surface area contributed by atoms with Crippen LogP contribution in [-0.2, 0) is 15.5 Å². The third-order valence-electron chi connectivity index (χ3n) is 1.90. The first-order chi connectivity index (χ1) is 6.90. The molecule has 0 amide bonds. The Kier molecular flexibility index (Phi) is 3.77. The Labute approximate surface area is 101 Å². The molecule has 6 heteroatoms. The Morgan fingerprint density at radius 1 is 1.53 bits per heavy atom. The number of hydrogen-bond acceptors (Lipinski definition) is 3. The van der Waals surface area contributed by atoms with Gasteiger partial charge in [-0.05, 0) is 24.1 Å². The third-order valence-corrected chi connectivity index (χ3v) is 4.00. The minimum absolute atomic E-state index is 0.00223. The minimum Gasteiger partial charge on any atom is -0.207 e. The molecule has 0 aliphatic heterocycles. The highest BCUT2D eigenvalue weighted by Crippen LogP contribution is 2.28. The van der Waals surface area contributed by atoms with Gasteiger partial charge in [-0.25, -0.2) is 8.42 Å². The SMILES string of the molecule is CCc1c(Br)cc(C#N)cc1S(=O)(=O)Cl. The van der Waals surface area contributed by atoms with E-state index in [1.165, 1.54) is 6.07 Å². The first-order valence-electron chi connectivity index (χ1n) is 4.07. The maximum absolute atomic E-state index is 11.3. The normalized spacial score (nSPS) is 11.1. The van der Waals surface area contributed by atoms with Gasteiger partial charge in [-0.1, -0.05) is 22.9 Å². The van der Waals surface area contributed by atoms with Gasteiger partial charge in [-0.15, -0.1) is 0 Å². The lowest BCUT2D eigenvalue weighted by Crippen LogP contribution is -1.99. The van der Waals surface area contributed by atoms with E-state index >= 15 is 0 Å². The van der Waals surface area contributed by atoms with E-state index in [1.807, 2.05) is 13.0 Å². The first kappa shape index (κ1) is 12.5. The molecule has 0 saturated heterocycles. The van der Waals surface area contributed by atoms with Crippen LogP contribution in [0.15, 0.2) is 21.5 Å². The van der Waals surface area contributed by atoms with Gasteiger partial charge in [0.15, 0.2) is 0 Å². The summed E-state index contributed by atoms with van der Waals surface area (Å²) in [7, 11) is 1.48. The van der Waals surface area contributed by atoms with Crippen LogP contribution in [0, 0.1) is 11.3 Å². The van der Waals surface area contributed by atoms with Crippen molar-refractivity contribution in [3.8, 4) is 6.07 Å². The van der Waals surface area contributed by atoms with Crippen molar-refractivity contribution in [3.05, 3.63) is 27.7 Å². The van der Waals surface area contributed by atoms with Crippen LogP contribution in [0.25, 0.3) is 0 Å². The van der Waals surface area contributed by atoms with Gasteiger partial charge < -0.3 is 0 Å². The Bertz CT molecular complexity index is 534. The van der Waals surface area contributed by atoms with E-state index in [1.54, 1.807) is 6.07 Å². The Morgan fingerprint density at radius 3 is 2.53 bits per heavy atom. The lowest BCUT2D eigenvalue weighted by atomic mass is 10.1. The van der Waals surface area contributed by atoms with Crippen LogP contribution >= 0.6 is 26.6 Å². The molecule has 0 radical (unpaired) electrons. The highest BCUT2D eigenvalue weighted by molar-refractivity contribution is 9.10. The largest absolute Gasteiger partial charge is 0.261 e. The van der Waals surface area contributed by atoms with Crippen LogP contribution in [-0.4, -0.2) is 8.42 Å². The summed E-state index contributed by atoms with van der Waals surface area (Å²) in [5, 5.41) is 8.71. The molecule has 0 bridgehead atoms. The predicted octanol–water partition coefficient (Wildman–Crippen LogP) is 2.81. The van der Waals surface area contributed by atoms with Gasteiger partial charge in [0.05, 0.1) is 16.5 Å². The van der Waals surface area contributed by atoms with Crippen molar-refractivity contribution in [3.63, 3.8) is 0 Å². The van der Waals surface area contributed by atoms with Crippen LogP contribution in [0.2, 0.25) is 0 Å². The molecule has 1 aromatic carbocycles. The lowest BCUT2D eigenvalue weighted by Gasteiger charge is -2.07. The van der Waals surface area contributed by atoms with Gasteiger partial charge in [-0.2, -0.15) is 5.26 Å². The molecule has 0 heterocycles. The van der Waals surface area contributed by atoms with Crippen molar-refractivity contribution >= 4 is 35.7 Å². The smallest absolute Gasteiger partial charge is 0.207 e. The zero-order valence-electron chi connectivity index (χ0n) is 7.79. The second kappa shape index (κ2) is 4.52. The van der Waals surface area contributed by atoms with E-state index in [9.17, 15) is 8.42 Å². The highest BCUT2D eigenvalue weighted by atomic mass is 79.9. The fourth-order valence-electron chi connectivity index (χ4n) is 1.24. The molecule has 0 unspecified atom stereocenters. The van der Waals surface area contributed by atoms with Gasteiger partial charge in [-0.3, -0.25) is 0 Å². The van der Waals surface area contributed by atoms with E-state index in [2.05, 4.69) is 15.9 Å². The highest BCUT2D eigenvalue weighted by Gasteiger charge is 2.18. The minimum atomic E-state index is -3.81. The van der Waals surface area contributed by atoms with E-state index in [0.29, 0.717) is 16.5 Å². The summed E-state index contributed by atoms with van der Waals surface area (Å²) in [4.78, 5) is -0.00223. The second-order valence-electron chi connectivity index (χ2n) is 2.84. The van der Waals surface area contributed by atoms with Crippen LogP contribution in [0.4, 0.5) is 0 Å². The van der Waals surface area contributed by atoms with Gasteiger partial charge in [0, 0.05) is 15.2 Å². The Balaban J connectivity index is 3.63. The first-order valence-corrected chi connectivity index (χ1v) is 7.17. The fourth-order valence-corrected chi connectivity index (χ4v) is 3.34. The molecule has 0 aromatic heterocycles. The van der Waals surface area contributed by atoms with Crippen LogP contribution in [0.3, 0.4) is 0 Å². The zero-order chi connectivity index (χ0) is 11.6. The van der Waals surface area contributed by atoms with Crippen molar-refractivity contribution in [2.45, 2.75) is 18.2 Å². The quantitative estimate of drug-likeness (QED) is 0.789. The number of benzene rings is 1. The predicted molar refractivity (Wildman–Crippen MR) is 61.3 cm³/mol. The lowest BCUT2D eigenvalue weighted by molar-refractivity contribution is 0.608. The number of rotatable bonds is 2. The number of nitrogens with zero attached hydrogens (tertiary/aromatic N) is 1.